The number of carbonyl (C=O) groups is 2. The Morgan fingerprint density at radius 2 is 1.69 bits per heavy atom. The van der Waals surface area contributed by atoms with Gasteiger partial charge in [-0.1, -0.05) is 19.4 Å². The summed E-state index contributed by atoms with van der Waals surface area (Å²) in [6.07, 6.45) is 1.03. The van der Waals surface area contributed by atoms with E-state index in [2.05, 4.69) is 5.32 Å². The molecule has 0 unspecified atom stereocenters. The lowest BCUT2D eigenvalue weighted by Crippen LogP contribution is -2.30. The number of anilines is 1. The molecule has 2 aromatic rings. The molecular formula is C24H26ClF6N3O4S. The second-order valence-corrected chi connectivity index (χ2v) is 11.4. The minimum Gasteiger partial charge on any atom is -0.490 e. The molecule has 2 aromatic carbocycles. The number of hydrogen-bond acceptors (Lipinski definition) is 5. The number of Topliss-reactive ketones (excluding diaryl/α,β-unsaturated/α-hetero) is 1. The molecule has 1 amide bonds. The van der Waals surface area contributed by atoms with Gasteiger partial charge in [0, 0.05) is 23.7 Å². The van der Waals surface area contributed by atoms with Crippen molar-refractivity contribution in [3.63, 3.8) is 0 Å². The molecule has 1 saturated carbocycles. The van der Waals surface area contributed by atoms with Crippen LogP contribution in [0, 0.1) is 17.1 Å². The van der Waals surface area contributed by atoms with Crippen LogP contribution in [0.15, 0.2) is 29.2 Å². The van der Waals surface area contributed by atoms with Gasteiger partial charge in [-0.05, 0) is 56.5 Å². The molecule has 0 saturated heterocycles. The van der Waals surface area contributed by atoms with Gasteiger partial charge in [-0.3, -0.25) is 15.0 Å². The first kappa shape index (κ1) is 30.4. The number of benzene rings is 2. The van der Waals surface area contributed by atoms with Crippen LogP contribution in [0.25, 0.3) is 0 Å². The normalized spacial score (nSPS) is 16.5. The smallest absolute Gasteiger partial charge is 0.310 e. The molecule has 0 atom stereocenters. The molecule has 0 radical (unpaired) electrons. The van der Waals surface area contributed by atoms with E-state index in [1.165, 1.54) is 6.07 Å². The Balaban J connectivity index is 0.00000420. The first-order chi connectivity index (χ1) is 17.5. The lowest BCUT2D eigenvalue weighted by atomic mass is 10.1. The molecule has 4 rings (SSSR count). The zero-order valence-corrected chi connectivity index (χ0v) is 22.4. The first-order valence-electron chi connectivity index (χ1n) is 11.7. The lowest BCUT2D eigenvalue weighted by Gasteiger charge is -2.40. The molecular weight excluding hydrogens is 576 g/mol. The van der Waals surface area contributed by atoms with Crippen molar-refractivity contribution in [2.75, 3.05) is 25.1 Å². The van der Waals surface area contributed by atoms with E-state index < -0.39 is 62.2 Å². The number of carbonyl (C=O) groups excluding carboxylic acids is 2. The van der Waals surface area contributed by atoms with Gasteiger partial charge in [-0.25, -0.2) is 4.39 Å². The van der Waals surface area contributed by atoms with Gasteiger partial charge in [0.25, 0.3) is 0 Å². The highest BCUT2D eigenvalue weighted by Gasteiger charge is 2.65. The summed E-state index contributed by atoms with van der Waals surface area (Å²) in [5.74, 6) is -3.55. The van der Waals surface area contributed by atoms with E-state index >= 15 is 4.39 Å². The quantitative estimate of drug-likeness (QED) is 0.224. The number of ether oxygens (including phenoxy) is 2. The standard InChI is InChI=1S/C24H25F6N3O4S.ClH/c1-3-36-19-9-15-11-33(23(31)20(15)21(25)22(19)37-4-2)12-18(34)14-7-16(32-24(35)13-5-6-13)10-17(8-14)38(26,27,28,29)30;/h7-10,13,31H,3-6,11-12H2,1-2H3,(H,32,35);1H. The summed E-state index contributed by atoms with van der Waals surface area (Å²) in [6, 6.07) is 2.46. The number of amides is 1. The second-order valence-electron chi connectivity index (χ2n) is 9.02. The molecule has 0 aromatic heterocycles. The maximum absolute atomic E-state index is 15.2. The monoisotopic (exact) mass is 601 g/mol. The van der Waals surface area contributed by atoms with E-state index in [0.29, 0.717) is 12.8 Å². The van der Waals surface area contributed by atoms with Crippen molar-refractivity contribution in [2.24, 2.45) is 5.92 Å². The first-order valence-corrected chi connectivity index (χ1v) is 13.7. The molecule has 1 aliphatic carbocycles. The summed E-state index contributed by atoms with van der Waals surface area (Å²) in [6.45, 7) is 2.74. The third-order valence-electron chi connectivity index (χ3n) is 6.00. The Bertz CT molecular complexity index is 1350. The Morgan fingerprint density at radius 3 is 2.26 bits per heavy atom. The van der Waals surface area contributed by atoms with Crippen LogP contribution in [0.5, 0.6) is 11.5 Å². The van der Waals surface area contributed by atoms with E-state index in [1.54, 1.807) is 13.8 Å². The van der Waals surface area contributed by atoms with E-state index in [0.717, 1.165) is 11.0 Å². The van der Waals surface area contributed by atoms with Crippen LogP contribution < -0.4 is 14.8 Å². The predicted octanol–water partition coefficient (Wildman–Crippen LogP) is 7.07. The largest absolute Gasteiger partial charge is 0.490 e. The maximum atomic E-state index is 15.2. The summed E-state index contributed by atoms with van der Waals surface area (Å²) in [5, 5.41) is 10.5. The van der Waals surface area contributed by atoms with Crippen molar-refractivity contribution in [3.05, 3.63) is 46.8 Å². The molecule has 2 aliphatic rings. The van der Waals surface area contributed by atoms with Crippen molar-refractivity contribution >= 4 is 45.8 Å². The summed E-state index contributed by atoms with van der Waals surface area (Å²) < 4.78 is 94.2. The fourth-order valence-corrected chi connectivity index (χ4v) is 4.77. The van der Waals surface area contributed by atoms with Gasteiger partial charge in [0.1, 0.15) is 10.7 Å². The Labute approximate surface area is 226 Å². The Morgan fingerprint density at radius 1 is 1.05 bits per heavy atom. The minimum atomic E-state index is -10.2. The zero-order valence-electron chi connectivity index (χ0n) is 20.8. The summed E-state index contributed by atoms with van der Waals surface area (Å²) in [4.78, 5) is 23.8. The zero-order chi connectivity index (χ0) is 28.1. The van der Waals surface area contributed by atoms with E-state index in [1.807, 2.05) is 0 Å². The highest BCUT2D eigenvalue weighted by atomic mass is 35.5. The average Bonchev–Trinajstić information content (AvgIpc) is 3.60. The van der Waals surface area contributed by atoms with Gasteiger partial charge in [-0.2, -0.15) is 0 Å². The number of amidine groups is 1. The maximum Gasteiger partial charge on any atom is 0.310 e. The molecule has 1 fully saturated rings. The van der Waals surface area contributed by atoms with Crippen LogP contribution in [-0.4, -0.2) is 42.2 Å². The molecule has 1 heterocycles. The van der Waals surface area contributed by atoms with Crippen LogP contribution in [-0.2, 0) is 11.3 Å². The number of nitrogens with zero attached hydrogens (tertiary/aromatic N) is 1. The van der Waals surface area contributed by atoms with Crippen LogP contribution in [0.4, 0.5) is 29.5 Å². The van der Waals surface area contributed by atoms with E-state index in [9.17, 15) is 29.0 Å². The molecule has 0 spiro atoms. The van der Waals surface area contributed by atoms with Crippen molar-refractivity contribution in [3.8, 4) is 11.5 Å². The fraction of sp³-hybridized carbons (Fsp3) is 0.375. The summed E-state index contributed by atoms with van der Waals surface area (Å²) >= 11 is 0. The molecule has 216 valence electrons. The van der Waals surface area contributed by atoms with Crippen molar-refractivity contribution in [1.29, 1.82) is 5.41 Å². The lowest BCUT2D eigenvalue weighted by molar-refractivity contribution is -0.117. The van der Waals surface area contributed by atoms with Gasteiger partial charge in [0.15, 0.2) is 23.1 Å². The molecule has 1 aliphatic heterocycles. The Kier molecular flexibility index (Phi) is 7.65. The van der Waals surface area contributed by atoms with Crippen LogP contribution >= 0.6 is 22.6 Å². The fourth-order valence-electron chi connectivity index (χ4n) is 4.07. The van der Waals surface area contributed by atoms with Gasteiger partial charge in [0.05, 0.1) is 25.3 Å². The van der Waals surface area contributed by atoms with Crippen molar-refractivity contribution in [1.82, 2.24) is 4.90 Å². The third-order valence-corrected chi connectivity index (χ3v) is 7.12. The van der Waals surface area contributed by atoms with Gasteiger partial charge in [0.2, 0.25) is 5.91 Å². The topological polar surface area (TPSA) is 91.7 Å². The third kappa shape index (κ3) is 6.55. The number of ketones is 1. The van der Waals surface area contributed by atoms with Crippen molar-refractivity contribution in [2.45, 2.75) is 38.1 Å². The molecule has 39 heavy (non-hydrogen) atoms. The molecule has 0 bridgehead atoms. The van der Waals surface area contributed by atoms with E-state index in [-0.39, 0.29) is 66.9 Å². The average molecular weight is 602 g/mol. The van der Waals surface area contributed by atoms with Gasteiger partial charge in [-0.15, -0.1) is 12.4 Å². The number of nitrogens with one attached hydrogen (secondary N) is 2. The SMILES string of the molecule is CCOc1cc2c(c(F)c1OCC)C(=N)N(CC(=O)c1cc(NC(=O)C3CC3)cc(S(F)(F)(F)(F)F)c1)C2.Cl. The number of rotatable bonds is 10. The van der Waals surface area contributed by atoms with Crippen LogP contribution in [0.1, 0.15) is 48.2 Å². The number of fused-ring (bicyclic) bond motifs is 1. The highest BCUT2D eigenvalue weighted by molar-refractivity contribution is 8.45. The molecule has 15 heteroatoms. The van der Waals surface area contributed by atoms with Crippen LogP contribution in [0.3, 0.4) is 0 Å². The highest BCUT2D eigenvalue weighted by Crippen LogP contribution is 3.02. The Hall–Kier alpha value is -3.13. The number of halogens is 7. The summed E-state index contributed by atoms with van der Waals surface area (Å²) in [5.41, 5.74) is -1.21. The number of hydrogen-bond donors (Lipinski definition) is 2. The summed E-state index contributed by atoms with van der Waals surface area (Å²) in [7, 11) is -10.2. The molecule has 7 nitrogen and oxygen atoms in total. The van der Waals surface area contributed by atoms with Crippen LogP contribution in [0.2, 0.25) is 0 Å². The van der Waals surface area contributed by atoms with E-state index in [4.69, 9.17) is 14.9 Å². The predicted molar refractivity (Wildman–Crippen MR) is 137 cm³/mol. The van der Waals surface area contributed by atoms with Gasteiger partial charge >= 0.3 is 10.2 Å². The second kappa shape index (κ2) is 9.81. The molecule has 2 N–H and O–H groups in total. The van der Waals surface area contributed by atoms with Crippen molar-refractivity contribution < 1.29 is 42.9 Å². The van der Waals surface area contributed by atoms with Gasteiger partial charge < -0.3 is 19.7 Å². The minimum absolute atomic E-state index is 0.